The molecule has 3 N–H and O–H groups in total. The second kappa shape index (κ2) is 5.33. The number of nitrogens with two attached hydrogens (primary N) is 1. The van der Waals surface area contributed by atoms with Gasteiger partial charge in [-0.1, -0.05) is 0 Å². The van der Waals surface area contributed by atoms with Crippen LogP contribution in [-0.2, 0) is 4.79 Å². The van der Waals surface area contributed by atoms with Crippen LogP contribution in [-0.4, -0.2) is 52.3 Å². The van der Waals surface area contributed by atoms with Crippen molar-refractivity contribution in [3.8, 4) is 0 Å². The van der Waals surface area contributed by atoms with Crippen molar-refractivity contribution in [2.45, 2.75) is 26.3 Å². The van der Waals surface area contributed by atoms with E-state index in [4.69, 9.17) is 5.84 Å². The molecule has 0 aliphatic carbocycles. The van der Waals surface area contributed by atoms with Crippen molar-refractivity contribution in [1.29, 1.82) is 0 Å². The number of carbonyl (C=O) groups is 2. The molecule has 0 saturated carbocycles. The molecule has 7 heteroatoms. The van der Waals surface area contributed by atoms with E-state index in [1.165, 1.54) is 6.20 Å². The highest BCUT2D eigenvalue weighted by Crippen LogP contribution is 2.26. The third kappa shape index (κ3) is 2.56. The van der Waals surface area contributed by atoms with Gasteiger partial charge in [-0.2, -0.15) is 0 Å². The van der Waals surface area contributed by atoms with Crippen molar-refractivity contribution in [2.75, 3.05) is 25.6 Å². The maximum Gasteiger partial charge on any atom is 0.258 e. The molecule has 0 radical (unpaired) electrons. The number of aromatic nitrogens is 1. The average Bonchev–Trinajstić information content (AvgIpc) is 2.44. The van der Waals surface area contributed by atoms with E-state index in [1.807, 2.05) is 6.92 Å². The van der Waals surface area contributed by atoms with Gasteiger partial charge in [0.05, 0.1) is 11.3 Å². The molecule has 2 heterocycles. The summed E-state index contributed by atoms with van der Waals surface area (Å²) in [6.45, 7) is 6.31. The quantitative estimate of drug-likeness (QED) is 0.607. The summed E-state index contributed by atoms with van der Waals surface area (Å²) in [5.74, 6) is 5.15. The summed E-state index contributed by atoms with van der Waals surface area (Å²) >= 11 is 0. The molecule has 2 rings (SSSR count). The zero-order chi connectivity index (χ0) is 15.8. The first kappa shape index (κ1) is 15.2. The summed E-state index contributed by atoms with van der Waals surface area (Å²) in [7, 11) is 1.74. The molecule has 2 amide bonds. The number of hydrogen-bond donors (Lipinski definition) is 2. The molecular weight excluding hydrogens is 270 g/mol. The monoisotopic (exact) mass is 291 g/mol. The van der Waals surface area contributed by atoms with Crippen LogP contribution in [0.5, 0.6) is 0 Å². The summed E-state index contributed by atoms with van der Waals surface area (Å²) in [6.07, 6.45) is 1.49. The Labute approximate surface area is 124 Å². The number of pyridine rings is 1. The van der Waals surface area contributed by atoms with E-state index in [2.05, 4.69) is 10.4 Å². The molecule has 0 spiro atoms. The van der Waals surface area contributed by atoms with Crippen molar-refractivity contribution in [3.63, 3.8) is 0 Å². The highest BCUT2D eigenvalue weighted by molar-refractivity contribution is 6.03. The molecule has 1 aromatic rings. The van der Waals surface area contributed by atoms with Gasteiger partial charge < -0.3 is 15.2 Å². The lowest BCUT2D eigenvalue weighted by Gasteiger charge is -2.44. The molecule has 0 aromatic carbocycles. The van der Waals surface area contributed by atoms with Crippen LogP contribution in [0.4, 0.5) is 5.69 Å². The first-order valence-corrected chi connectivity index (χ1v) is 6.80. The number of amides is 2. The average molecular weight is 291 g/mol. The second-order valence-corrected chi connectivity index (χ2v) is 5.76. The first-order valence-electron chi connectivity index (χ1n) is 6.80. The van der Waals surface area contributed by atoms with E-state index in [-0.39, 0.29) is 11.8 Å². The lowest BCUT2D eigenvalue weighted by atomic mass is 9.96. The minimum atomic E-state index is -0.888. The van der Waals surface area contributed by atoms with E-state index in [0.717, 1.165) is 5.69 Å². The third-order valence-corrected chi connectivity index (χ3v) is 3.88. The topological polar surface area (TPSA) is 91.6 Å². The molecule has 1 aliphatic heterocycles. The number of nitrogens with zero attached hydrogens (tertiary/aromatic N) is 3. The Morgan fingerprint density at radius 2 is 2.10 bits per heavy atom. The van der Waals surface area contributed by atoms with Crippen molar-refractivity contribution >= 4 is 17.5 Å². The molecule has 1 fully saturated rings. The van der Waals surface area contributed by atoms with Crippen molar-refractivity contribution in [2.24, 2.45) is 5.84 Å². The molecule has 0 unspecified atom stereocenters. The molecule has 0 bridgehead atoms. The zero-order valence-corrected chi connectivity index (χ0v) is 12.8. The fourth-order valence-corrected chi connectivity index (χ4v) is 2.56. The lowest BCUT2D eigenvalue weighted by molar-refractivity contribution is -0.144. The summed E-state index contributed by atoms with van der Waals surface area (Å²) in [5.41, 5.74) is 3.27. The Balaban J connectivity index is 2.38. The van der Waals surface area contributed by atoms with E-state index >= 15 is 0 Å². The number of hydrogen-bond acceptors (Lipinski definition) is 5. The van der Waals surface area contributed by atoms with Gasteiger partial charge in [0, 0.05) is 32.0 Å². The Morgan fingerprint density at radius 3 is 2.71 bits per heavy atom. The normalized spacial score (nSPS) is 17.9. The van der Waals surface area contributed by atoms with Crippen molar-refractivity contribution in [3.05, 3.63) is 23.5 Å². The lowest BCUT2D eigenvalue weighted by Crippen LogP contribution is -2.63. The zero-order valence-electron chi connectivity index (χ0n) is 12.8. The Bertz CT molecular complexity index is 585. The molecule has 7 nitrogen and oxygen atoms in total. The number of nitrogens with one attached hydrogen (secondary N) is 1. The van der Waals surface area contributed by atoms with E-state index in [1.54, 1.807) is 36.8 Å². The van der Waals surface area contributed by atoms with Crippen LogP contribution in [0.15, 0.2) is 12.3 Å². The molecule has 21 heavy (non-hydrogen) atoms. The maximum absolute atomic E-state index is 12.8. The molecular formula is C14H21N5O2. The number of aryl methyl sites for hydroxylation is 1. The van der Waals surface area contributed by atoms with Gasteiger partial charge >= 0.3 is 0 Å². The number of carbonyl (C=O) groups excluding carboxylic acids is 2. The highest BCUT2D eigenvalue weighted by atomic mass is 16.2. The number of hydrazine groups is 1. The van der Waals surface area contributed by atoms with Gasteiger partial charge in [-0.05, 0) is 26.8 Å². The van der Waals surface area contributed by atoms with E-state index in [0.29, 0.717) is 24.3 Å². The summed E-state index contributed by atoms with van der Waals surface area (Å²) in [6, 6.07) is 1.71. The summed E-state index contributed by atoms with van der Waals surface area (Å²) in [4.78, 5) is 32.4. The Kier molecular flexibility index (Phi) is 3.87. The molecule has 1 aliphatic rings. The van der Waals surface area contributed by atoms with Gasteiger partial charge in [0.25, 0.3) is 5.91 Å². The van der Waals surface area contributed by atoms with Crippen LogP contribution in [0, 0.1) is 6.92 Å². The van der Waals surface area contributed by atoms with Gasteiger partial charge in [0.2, 0.25) is 5.91 Å². The largest absolute Gasteiger partial charge is 0.342 e. The molecule has 114 valence electrons. The SMILES string of the molecule is Cc1cc(NN)c(C(=O)N2CCN(C)C(=O)C2(C)C)cn1. The number of nitrogen functional groups attached to an aromatic ring is 1. The van der Waals surface area contributed by atoms with Crippen molar-refractivity contribution < 1.29 is 9.59 Å². The summed E-state index contributed by atoms with van der Waals surface area (Å²) < 4.78 is 0. The van der Waals surface area contributed by atoms with Gasteiger partial charge in [-0.25, -0.2) is 0 Å². The minimum Gasteiger partial charge on any atom is -0.342 e. The predicted octanol–water partition coefficient (Wildman–Crippen LogP) is 0.368. The second-order valence-electron chi connectivity index (χ2n) is 5.76. The van der Waals surface area contributed by atoms with Crippen LogP contribution in [0.25, 0.3) is 0 Å². The fraction of sp³-hybridized carbons (Fsp3) is 0.500. The van der Waals surface area contributed by atoms with Crippen LogP contribution < -0.4 is 11.3 Å². The Hall–Kier alpha value is -2.15. The van der Waals surface area contributed by atoms with Crippen LogP contribution in [0.1, 0.15) is 29.9 Å². The van der Waals surface area contributed by atoms with E-state index < -0.39 is 5.54 Å². The van der Waals surface area contributed by atoms with Crippen LogP contribution in [0.3, 0.4) is 0 Å². The minimum absolute atomic E-state index is 0.0792. The van der Waals surface area contributed by atoms with Crippen LogP contribution in [0.2, 0.25) is 0 Å². The molecule has 1 aromatic heterocycles. The maximum atomic E-state index is 12.8. The van der Waals surface area contributed by atoms with Crippen molar-refractivity contribution in [1.82, 2.24) is 14.8 Å². The standard InChI is InChI=1S/C14H21N5O2/c1-9-7-11(17-15)10(8-16-9)12(20)19-6-5-18(4)13(21)14(19,2)3/h7-8H,5-6,15H2,1-4H3,(H,16,17). The predicted molar refractivity (Wildman–Crippen MR) is 79.5 cm³/mol. The van der Waals surface area contributed by atoms with E-state index in [9.17, 15) is 9.59 Å². The van der Waals surface area contributed by atoms with Crippen LogP contribution >= 0.6 is 0 Å². The highest BCUT2D eigenvalue weighted by Gasteiger charge is 2.43. The smallest absolute Gasteiger partial charge is 0.258 e. The Morgan fingerprint density at radius 1 is 1.43 bits per heavy atom. The number of likely N-dealkylation sites (N-methyl/N-ethyl adjacent to an activating group) is 1. The fourth-order valence-electron chi connectivity index (χ4n) is 2.56. The number of anilines is 1. The van der Waals surface area contributed by atoms with Gasteiger partial charge in [-0.3, -0.25) is 20.4 Å². The van der Waals surface area contributed by atoms with Gasteiger partial charge in [0.1, 0.15) is 5.54 Å². The molecule has 0 atom stereocenters. The van der Waals surface area contributed by atoms with Gasteiger partial charge in [-0.15, -0.1) is 0 Å². The summed E-state index contributed by atoms with van der Waals surface area (Å²) in [5, 5.41) is 0. The third-order valence-electron chi connectivity index (χ3n) is 3.88. The van der Waals surface area contributed by atoms with Gasteiger partial charge in [0.15, 0.2) is 0 Å². The first-order chi connectivity index (χ1) is 9.78. The number of piperazine rings is 1. The number of rotatable bonds is 2. The molecule has 1 saturated heterocycles.